The maximum absolute atomic E-state index is 2.50. The summed E-state index contributed by atoms with van der Waals surface area (Å²) in [5.74, 6) is 0.889. The van der Waals surface area contributed by atoms with E-state index in [2.05, 4.69) is 143 Å². The van der Waals surface area contributed by atoms with Gasteiger partial charge in [-0.25, -0.2) is 0 Å². The van der Waals surface area contributed by atoms with Crippen molar-refractivity contribution in [3.63, 3.8) is 0 Å². The summed E-state index contributed by atoms with van der Waals surface area (Å²) in [6.45, 7) is 4.65. The molecule has 2 aliphatic carbocycles. The number of rotatable bonds is 6. The van der Waals surface area contributed by atoms with E-state index in [0.717, 1.165) is 12.8 Å². The minimum atomic E-state index is 0. The van der Waals surface area contributed by atoms with E-state index in [1.165, 1.54) is 44.5 Å². The van der Waals surface area contributed by atoms with E-state index < -0.39 is 0 Å². The van der Waals surface area contributed by atoms with Crippen LogP contribution in [0.5, 0.6) is 0 Å². The normalized spacial score (nSPS) is 18.2. The standard InChI is InChI=1S/C35H31.C4H10Si.3BrH.Ti/c1-3-24-21-34-28(26-13-7-5-8-14-26)17-11-19-30(34)32(24)23-33-25(4-2)22-35-29(18-12-20-31(33)35)27-15-9-6-10-16-27;1-2-4-5-3-1;;;;/h5-23,32-33H,3-4H2,1-2H3;1-5H2;3*1H;/q;;;;;+3/p-3. The van der Waals surface area contributed by atoms with Crippen molar-refractivity contribution in [2.75, 3.05) is 0 Å². The van der Waals surface area contributed by atoms with Gasteiger partial charge in [0.1, 0.15) is 0 Å². The molecule has 4 aromatic rings. The molecule has 1 aliphatic heterocycles. The van der Waals surface area contributed by atoms with Gasteiger partial charge in [-0.15, -0.1) is 0 Å². The first-order valence-electron chi connectivity index (χ1n) is 15.7. The Morgan fingerprint density at radius 1 is 0.591 bits per heavy atom. The summed E-state index contributed by atoms with van der Waals surface area (Å²) >= 11 is 2.50. The maximum Gasteiger partial charge on any atom is -1.00 e. The number of allylic oxidation sites excluding steroid dienone is 2. The average Bonchev–Trinajstić information content (AvgIpc) is 3.80. The van der Waals surface area contributed by atoms with Gasteiger partial charge in [-0.2, -0.15) is 0 Å². The summed E-state index contributed by atoms with van der Waals surface area (Å²) < 4.78 is 0.488. The Kier molecular flexibility index (Phi) is 14.9. The van der Waals surface area contributed by atoms with Crippen molar-refractivity contribution in [1.82, 2.24) is 0 Å². The fourth-order valence-electron chi connectivity index (χ4n) is 7.29. The maximum atomic E-state index is 2.50. The Balaban J connectivity index is 0.000000604. The molecule has 0 bridgehead atoms. The average molecular weight is 825 g/mol. The Morgan fingerprint density at radius 3 is 1.34 bits per heavy atom. The molecule has 3 aliphatic rings. The van der Waals surface area contributed by atoms with Crippen molar-refractivity contribution in [2.45, 2.75) is 67.7 Å². The van der Waals surface area contributed by atoms with Gasteiger partial charge in [0.05, 0.1) is 0 Å². The molecule has 4 aromatic carbocycles. The summed E-state index contributed by atoms with van der Waals surface area (Å²) in [6.07, 6.45) is 10.3. The largest absolute Gasteiger partial charge is 1.00 e. The van der Waals surface area contributed by atoms with Gasteiger partial charge in [0, 0.05) is 9.52 Å². The van der Waals surface area contributed by atoms with Crippen LogP contribution in [-0.2, 0) is 20.4 Å². The van der Waals surface area contributed by atoms with E-state index in [4.69, 9.17) is 0 Å². The van der Waals surface area contributed by atoms with Crippen LogP contribution < -0.4 is 50.9 Å². The molecule has 1 fully saturated rings. The zero-order chi connectivity index (χ0) is 28.2. The second kappa shape index (κ2) is 17.6. The number of benzene rings is 4. The molecule has 2 unspecified atom stereocenters. The number of halogens is 3. The fourth-order valence-corrected chi connectivity index (χ4v) is 10.3. The van der Waals surface area contributed by atoms with Gasteiger partial charge in [-0.1, -0.05) is 24.9 Å². The zero-order valence-electron chi connectivity index (χ0n) is 25.7. The first-order valence-corrected chi connectivity index (χ1v) is 18.6. The Bertz CT molecular complexity index is 1440. The van der Waals surface area contributed by atoms with Crippen LogP contribution in [0.25, 0.3) is 34.4 Å². The van der Waals surface area contributed by atoms with Crippen LogP contribution in [0, 0.1) is 0 Å². The first-order chi connectivity index (χ1) is 20.2. The van der Waals surface area contributed by atoms with Crippen molar-refractivity contribution in [3.8, 4) is 22.3 Å². The van der Waals surface area contributed by atoms with Crippen LogP contribution in [0.2, 0.25) is 16.3 Å². The molecule has 0 radical (unpaired) electrons. The summed E-state index contributed by atoms with van der Waals surface area (Å²) in [6, 6.07) is 38.9. The van der Waals surface area contributed by atoms with E-state index in [-0.39, 0.29) is 50.9 Å². The van der Waals surface area contributed by atoms with E-state index in [1.54, 1.807) is 36.1 Å². The molecule has 0 nitrogen and oxygen atoms in total. The second-order valence-electron chi connectivity index (χ2n) is 11.7. The van der Waals surface area contributed by atoms with E-state index in [1.807, 2.05) is 0 Å². The monoisotopic (exact) mass is 822 g/mol. The van der Waals surface area contributed by atoms with E-state index in [9.17, 15) is 0 Å². The van der Waals surface area contributed by atoms with Crippen LogP contribution >= 0.6 is 0 Å². The van der Waals surface area contributed by atoms with Gasteiger partial charge < -0.3 is 50.9 Å². The van der Waals surface area contributed by atoms with Crippen LogP contribution in [0.15, 0.2) is 108 Å². The van der Waals surface area contributed by atoms with Crippen molar-refractivity contribution < 1.29 is 71.4 Å². The van der Waals surface area contributed by atoms with Crippen molar-refractivity contribution in [2.24, 2.45) is 0 Å². The van der Waals surface area contributed by atoms with Gasteiger partial charge in [0.15, 0.2) is 0 Å². The molecule has 44 heavy (non-hydrogen) atoms. The third-order valence-electron chi connectivity index (χ3n) is 9.36. The molecule has 5 heteroatoms. The molecule has 0 spiro atoms. The minimum Gasteiger partial charge on any atom is -1.00 e. The number of fused-ring (bicyclic) bond motifs is 2. The fraction of sp³-hybridized carbons (Fsp3) is 0.282. The van der Waals surface area contributed by atoms with Crippen LogP contribution in [0.3, 0.4) is 0 Å². The van der Waals surface area contributed by atoms with E-state index >= 15 is 0 Å². The summed E-state index contributed by atoms with van der Waals surface area (Å²) in [5.41, 5.74) is 14.3. The second-order valence-corrected chi connectivity index (χ2v) is 14.9. The minimum absolute atomic E-state index is 0. The molecule has 7 rings (SSSR count). The van der Waals surface area contributed by atoms with Crippen LogP contribution in [0.4, 0.5) is 0 Å². The smallest absolute Gasteiger partial charge is 1.00 e. The molecule has 0 saturated carbocycles. The zero-order valence-corrected chi connectivity index (χ0v) is 33.4. The summed E-state index contributed by atoms with van der Waals surface area (Å²) in [4.78, 5) is 0. The predicted octanol–water partition coefficient (Wildman–Crippen LogP) is 1.63. The first kappa shape index (κ1) is 37.2. The molecule has 2 atom stereocenters. The molecule has 0 aromatic heterocycles. The molecular formula is C39H41Br3SiTi. The van der Waals surface area contributed by atoms with Crippen LogP contribution in [-0.4, -0.2) is 9.52 Å². The van der Waals surface area contributed by atoms with Crippen molar-refractivity contribution in [1.29, 1.82) is 0 Å². The Hall–Kier alpha value is -1.27. The number of hydrogen-bond donors (Lipinski definition) is 0. The van der Waals surface area contributed by atoms with Gasteiger partial charge >= 0.3 is 228 Å². The van der Waals surface area contributed by atoms with Gasteiger partial charge in [-0.05, 0) is 0 Å². The SMILES string of the molecule is C1CC[SiH2]C1.CCC1=Cc2c(-c3ccccc3)cccc2C1[CH]([Ti+3])C1C(CC)=Cc2c(-c3ccccc3)cccc21.[Br-].[Br-].[Br-]. The van der Waals surface area contributed by atoms with Gasteiger partial charge in [0.25, 0.3) is 0 Å². The van der Waals surface area contributed by atoms with Gasteiger partial charge in [0.2, 0.25) is 0 Å². The Morgan fingerprint density at radius 2 is 1.00 bits per heavy atom. The molecular weight excluding hydrogens is 784 g/mol. The van der Waals surface area contributed by atoms with Crippen molar-refractivity contribution >= 4 is 21.7 Å². The topological polar surface area (TPSA) is 0 Å². The summed E-state index contributed by atoms with van der Waals surface area (Å²) in [5, 5.41) is 0. The Labute approximate surface area is 310 Å². The summed E-state index contributed by atoms with van der Waals surface area (Å²) in [7, 11) is 0.543. The molecule has 0 N–H and O–H groups in total. The predicted molar refractivity (Wildman–Crippen MR) is 177 cm³/mol. The molecule has 1 saturated heterocycles. The van der Waals surface area contributed by atoms with E-state index in [0.29, 0.717) is 25.6 Å². The van der Waals surface area contributed by atoms with Gasteiger partial charge in [-0.3, -0.25) is 0 Å². The quantitative estimate of drug-likeness (QED) is 0.260. The molecule has 0 amide bonds. The molecule has 226 valence electrons. The third kappa shape index (κ3) is 7.64. The van der Waals surface area contributed by atoms with Crippen molar-refractivity contribution in [3.05, 3.63) is 130 Å². The van der Waals surface area contributed by atoms with Crippen LogP contribution in [0.1, 0.15) is 73.6 Å². The third-order valence-corrected chi connectivity index (χ3v) is 12.4. The number of hydrogen-bond acceptors (Lipinski definition) is 0. The molecule has 1 heterocycles.